The van der Waals surface area contributed by atoms with E-state index in [1.165, 1.54) is 0 Å². The molecule has 2 unspecified atom stereocenters. The van der Waals surface area contributed by atoms with E-state index in [9.17, 15) is 9.90 Å². The Morgan fingerprint density at radius 3 is 2.36 bits per heavy atom. The number of carboxylic acid groups (broad SMARTS) is 1. The van der Waals surface area contributed by atoms with Crippen LogP contribution < -0.4 is 9.47 Å². The van der Waals surface area contributed by atoms with Crippen LogP contribution in [0.4, 0.5) is 0 Å². The van der Waals surface area contributed by atoms with E-state index in [2.05, 4.69) is 17.0 Å². The molecule has 3 aromatic carbocycles. The monoisotopic (exact) mass is 445 g/mol. The van der Waals surface area contributed by atoms with Crippen molar-refractivity contribution in [1.29, 1.82) is 0 Å². The van der Waals surface area contributed by atoms with Crippen LogP contribution in [0, 0.1) is 0 Å². The van der Waals surface area contributed by atoms with Crippen LogP contribution in [-0.2, 0) is 11.4 Å². The van der Waals surface area contributed by atoms with Gasteiger partial charge in [0.05, 0.1) is 12.6 Å². The fourth-order valence-corrected chi connectivity index (χ4v) is 4.56. The summed E-state index contributed by atoms with van der Waals surface area (Å²) in [7, 11) is 0. The number of aliphatic carboxylic acids is 1. The Labute approximate surface area is 195 Å². The highest BCUT2D eigenvalue weighted by molar-refractivity contribution is 5.73. The minimum atomic E-state index is -0.761. The topological polar surface area (TPSA) is 59.0 Å². The van der Waals surface area contributed by atoms with E-state index in [4.69, 9.17) is 9.47 Å². The van der Waals surface area contributed by atoms with Crippen molar-refractivity contribution in [2.75, 3.05) is 13.2 Å². The highest BCUT2D eigenvalue weighted by atomic mass is 16.5. The van der Waals surface area contributed by atoms with E-state index in [1.54, 1.807) is 0 Å². The molecule has 3 aromatic rings. The molecule has 0 spiro atoms. The van der Waals surface area contributed by atoms with Gasteiger partial charge in [0, 0.05) is 0 Å². The van der Waals surface area contributed by atoms with Crippen LogP contribution in [0.2, 0.25) is 0 Å². The highest BCUT2D eigenvalue weighted by Gasteiger charge is 2.35. The lowest BCUT2D eigenvalue weighted by Gasteiger charge is -2.39. The number of carboxylic acids is 1. The molecule has 172 valence electrons. The molecule has 0 saturated carbocycles. The third-order valence-corrected chi connectivity index (χ3v) is 6.10. The van der Waals surface area contributed by atoms with Crippen molar-refractivity contribution < 1.29 is 19.4 Å². The van der Waals surface area contributed by atoms with Gasteiger partial charge >= 0.3 is 5.97 Å². The molecule has 4 rings (SSSR count). The Balaban J connectivity index is 1.69. The van der Waals surface area contributed by atoms with Crippen molar-refractivity contribution in [2.24, 2.45) is 0 Å². The standard InChI is InChI=1S/C28H31NO4/c1-2-32-26-19-23(16-17-25(26)33-20-21-11-5-3-6-12-21)27(22-13-7-4-8-14-22)29-18-10-9-15-24(29)28(30)31/h3-8,11-14,16-17,19,24,27H,2,9-10,15,18,20H2,1H3,(H,30,31). The Hall–Kier alpha value is -3.31. The first kappa shape index (κ1) is 22.9. The van der Waals surface area contributed by atoms with E-state index in [-0.39, 0.29) is 6.04 Å². The second-order valence-electron chi connectivity index (χ2n) is 8.31. The summed E-state index contributed by atoms with van der Waals surface area (Å²) in [5.74, 6) is 0.601. The molecule has 1 N–H and O–H groups in total. The summed E-state index contributed by atoms with van der Waals surface area (Å²) in [5.41, 5.74) is 3.17. The normalized spacial score (nSPS) is 17.3. The molecule has 1 aliphatic heterocycles. The number of hydrogen-bond donors (Lipinski definition) is 1. The lowest BCUT2D eigenvalue weighted by atomic mass is 9.91. The highest BCUT2D eigenvalue weighted by Crippen LogP contribution is 2.38. The Morgan fingerprint density at radius 2 is 1.67 bits per heavy atom. The molecule has 5 heteroatoms. The molecular weight excluding hydrogens is 414 g/mol. The van der Waals surface area contributed by atoms with E-state index in [0.29, 0.717) is 31.1 Å². The third kappa shape index (κ3) is 5.55. The van der Waals surface area contributed by atoms with Crippen LogP contribution in [0.3, 0.4) is 0 Å². The zero-order valence-corrected chi connectivity index (χ0v) is 19.0. The first-order chi connectivity index (χ1) is 16.2. The second-order valence-corrected chi connectivity index (χ2v) is 8.31. The summed E-state index contributed by atoms with van der Waals surface area (Å²) in [4.78, 5) is 14.2. The SMILES string of the molecule is CCOc1cc(C(c2ccccc2)N2CCCCC2C(=O)O)ccc1OCc1ccccc1. The minimum Gasteiger partial charge on any atom is -0.490 e. The predicted octanol–water partition coefficient (Wildman–Crippen LogP) is 5.69. The number of rotatable bonds is 9. The fourth-order valence-electron chi connectivity index (χ4n) is 4.56. The minimum absolute atomic E-state index is 0.171. The van der Waals surface area contributed by atoms with Crippen LogP contribution in [0.25, 0.3) is 0 Å². The summed E-state index contributed by atoms with van der Waals surface area (Å²) in [6, 6.07) is 25.5. The Morgan fingerprint density at radius 1 is 0.939 bits per heavy atom. The van der Waals surface area contributed by atoms with Crippen molar-refractivity contribution in [3.8, 4) is 11.5 Å². The lowest BCUT2D eigenvalue weighted by Crippen LogP contribution is -2.46. The van der Waals surface area contributed by atoms with Gasteiger partial charge in [-0.2, -0.15) is 0 Å². The molecule has 0 bridgehead atoms. The van der Waals surface area contributed by atoms with Gasteiger partial charge in [0.1, 0.15) is 12.6 Å². The maximum atomic E-state index is 12.1. The summed E-state index contributed by atoms with van der Waals surface area (Å²) >= 11 is 0. The lowest BCUT2D eigenvalue weighted by molar-refractivity contribution is -0.145. The largest absolute Gasteiger partial charge is 0.490 e. The van der Waals surface area contributed by atoms with Gasteiger partial charge in [-0.25, -0.2) is 0 Å². The number of ether oxygens (including phenoxy) is 2. The van der Waals surface area contributed by atoms with E-state index >= 15 is 0 Å². The third-order valence-electron chi connectivity index (χ3n) is 6.10. The molecule has 0 radical (unpaired) electrons. The molecule has 2 atom stereocenters. The molecule has 5 nitrogen and oxygen atoms in total. The van der Waals surface area contributed by atoms with Gasteiger partial charge in [0.15, 0.2) is 11.5 Å². The summed E-state index contributed by atoms with van der Waals surface area (Å²) in [5, 5.41) is 9.93. The number of likely N-dealkylation sites (tertiary alicyclic amines) is 1. The van der Waals surface area contributed by atoms with Crippen molar-refractivity contribution in [3.63, 3.8) is 0 Å². The molecule has 1 aliphatic rings. The van der Waals surface area contributed by atoms with E-state index in [1.807, 2.05) is 73.7 Å². The molecule has 1 heterocycles. The first-order valence-electron chi connectivity index (χ1n) is 11.6. The smallest absolute Gasteiger partial charge is 0.320 e. The zero-order valence-electron chi connectivity index (χ0n) is 19.0. The van der Waals surface area contributed by atoms with Crippen molar-refractivity contribution >= 4 is 5.97 Å². The van der Waals surface area contributed by atoms with Crippen molar-refractivity contribution in [1.82, 2.24) is 4.90 Å². The van der Waals surface area contributed by atoms with Gasteiger partial charge < -0.3 is 14.6 Å². The predicted molar refractivity (Wildman–Crippen MR) is 129 cm³/mol. The van der Waals surface area contributed by atoms with E-state index < -0.39 is 12.0 Å². The van der Waals surface area contributed by atoms with Crippen LogP contribution >= 0.6 is 0 Å². The molecule has 0 aromatic heterocycles. The maximum Gasteiger partial charge on any atom is 0.320 e. The Bertz CT molecular complexity index is 1040. The number of benzene rings is 3. The molecule has 1 fully saturated rings. The molecule has 1 saturated heterocycles. The van der Waals surface area contributed by atoms with E-state index in [0.717, 1.165) is 36.1 Å². The first-order valence-corrected chi connectivity index (χ1v) is 11.6. The van der Waals surface area contributed by atoms with Crippen LogP contribution in [0.15, 0.2) is 78.9 Å². The van der Waals surface area contributed by atoms with Gasteiger partial charge in [-0.1, -0.05) is 73.2 Å². The second kappa shape index (κ2) is 11.0. The fraction of sp³-hybridized carbons (Fsp3) is 0.321. The quantitative estimate of drug-likeness (QED) is 0.458. The molecule has 0 amide bonds. The Kier molecular flexibility index (Phi) is 7.63. The molecule has 0 aliphatic carbocycles. The number of carbonyl (C=O) groups is 1. The zero-order chi connectivity index (χ0) is 23.0. The van der Waals surface area contributed by atoms with Gasteiger partial charge in [0.2, 0.25) is 0 Å². The van der Waals surface area contributed by atoms with Gasteiger partial charge in [-0.05, 0) is 55.1 Å². The van der Waals surface area contributed by atoms with Gasteiger partial charge in [-0.15, -0.1) is 0 Å². The van der Waals surface area contributed by atoms with Crippen molar-refractivity contribution in [3.05, 3.63) is 95.6 Å². The summed E-state index contributed by atoms with van der Waals surface area (Å²) in [6.45, 7) is 3.67. The average Bonchev–Trinajstić information content (AvgIpc) is 2.85. The molecule has 33 heavy (non-hydrogen) atoms. The van der Waals surface area contributed by atoms with Gasteiger partial charge in [0.25, 0.3) is 0 Å². The van der Waals surface area contributed by atoms with Crippen LogP contribution in [0.1, 0.15) is 48.9 Å². The van der Waals surface area contributed by atoms with Gasteiger partial charge in [-0.3, -0.25) is 9.69 Å². The van der Waals surface area contributed by atoms with Crippen LogP contribution in [0.5, 0.6) is 11.5 Å². The number of nitrogens with zero attached hydrogens (tertiary/aromatic N) is 1. The average molecular weight is 446 g/mol. The number of hydrogen-bond acceptors (Lipinski definition) is 4. The van der Waals surface area contributed by atoms with Crippen LogP contribution in [-0.4, -0.2) is 35.2 Å². The summed E-state index contributed by atoms with van der Waals surface area (Å²) in [6.07, 6.45) is 2.59. The van der Waals surface area contributed by atoms with Crippen molar-refractivity contribution in [2.45, 2.75) is 44.9 Å². The maximum absolute atomic E-state index is 12.1. The molecular formula is C28H31NO4. The summed E-state index contributed by atoms with van der Waals surface area (Å²) < 4.78 is 12.0. The number of piperidine rings is 1.